The Hall–Kier alpha value is -2.40. The molecular formula is C23H29N3O2. The van der Waals surface area contributed by atoms with Crippen LogP contribution in [0.3, 0.4) is 0 Å². The van der Waals surface area contributed by atoms with Crippen LogP contribution in [-0.4, -0.2) is 47.4 Å². The molecule has 1 saturated carbocycles. The number of piperidine rings is 1. The van der Waals surface area contributed by atoms with Crippen molar-refractivity contribution in [2.45, 2.75) is 38.5 Å². The minimum absolute atomic E-state index is 0.311. The van der Waals surface area contributed by atoms with Gasteiger partial charge in [-0.1, -0.05) is 18.2 Å². The average molecular weight is 380 g/mol. The largest absolute Gasteiger partial charge is 0.487 e. The van der Waals surface area contributed by atoms with Crippen molar-refractivity contribution in [1.82, 2.24) is 14.8 Å². The predicted molar refractivity (Wildman–Crippen MR) is 109 cm³/mol. The standard InChI is InChI=1S/C23H29N3O2/c1-25(21-11-18-13-23(27)26(2)15-19(18)12-21)14-17-6-8-22(9-7-17)28-16-20-5-3-4-10-24-20/h3-10,18-19,21H,11-16H2,1-2H3/t18-,19+,21-/m1/s1. The Morgan fingerprint density at radius 1 is 1.14 bits per heavy atom. The summed E-state index contributed by atoms with van der Waals surface area (Å²) in [6.07, 6.45) is 4.86. The van der Waals surface area contributed by atoms with E-state index in [0.717, 1.165) is 37.4 Å². The van der Waals surface area contributed by atoms with Crippen molar-refractivity contribution in [1.29, 1.82) is 0 Å². The summed E-state index contributed by atoms with van der Waals surface area (Å²) in [5, 5.41) is 0. The second kappa shape index (κ2) is 8.31. The third kappa shape index (κ3) is 4.36. The first kappa shape index (κ1) is 18.9. The van der Waals surface area contributed by atoms with Crippen molar-refractivity contribution in [3.05, 3.63) is 59.9 Å². The second-order valence-corrected chi connectivity index (χ2v) is 8.29. The van der Waals surface area contributed by atoms with Crippen molar-refractivity contribution in [3.63, 3.8) is 0 Å². The van der Waals surface area contributed by atoms with Crippen LogP contribution in [0.1, 0.15) is 30.5 Å². The normalized spacial score (nSPS) is 24.5. The maximum absolute atomic E-state index is 12.0. The number of aromatic nitrogens is 1. The summed E-state index contributed by atoms with van der Waals surface area (Å²) >= 11 is 0. The summed E-state index contributed by atoms with van der Waals surface area (Å²) in [5.41, 5.74) is 2.22. The summed E-state index contributed by atoms with van der Waals surface area (Å²) in [6, 6.07) is 14.8. The van der Waals surface area contributed by atoms with E-state index in [-0.39, 0.29) is 0 Å². The van der Waals surface area contributed by atoms with Crippen LogP contribution in [0.4, 0.5) is 0 Å². The molecule has 28 heavy (non-hydrogen) atoms. The highest BCUT2D eigenvalue weighted by molar-refractivity contribution is 5.77. The number of likely N-dealkylation sites (tertiary alicyclic amines) is 1. The van der Waals surface area contributed by atoms with Gasteiger partial charge in [0, 0.05) is 38.8 Å². The van der Waals surface area contributed by atoms with E-state index in [2.05, 4.69) is 29.1 Å². The maximum Gasteiger partial charge on any atom is 0.222 e. The van der Waals surface area contributed by atoms with Gasteiger partial charge in [-0.25, -0.2) is 0 Å². The topological polar surface area (TPSA) is 45.7 Å². The number of nitrogens with zero attached hydrogens (tertiary/aromatic N) is 3. The number of pyridine rings is 1. The SMILES string of the molecule is CN1C[C@@H]2C[C@H](N(C)Cc3ccc(OCc4ccccn4)cc3)C[C@@H]2CC1=O. The molecule has 0 radical (unpaired) electrons. The molecule has 1 aliphatic heterocycles. The lowest BCUT2D eigenvalue weighted by Crippen LogP contribution is -2.39. The molecule has 148 valence electrons. The van der Waals surface area contributed by atoms with Crippen LogP contribution >= 0.6 is 0 Å². The van der Waals surface area contributed by atoms with Crippen LogP contribution in [-0.2, 0) is 17.9 Å². The summed E-state index contributed by atoms with van der Waals surface area (Å²) < 4.78 is 5.82. The van der Waals surface area contributed by atoms with Crippen molar-refractivity contribution in [2.24, 2.45) is 11.8 Å². The average Bonchev–Trinajstić information content (AvgIpc) is 3.11. The van der Waals surface area contributed by atoms with Gasteiger partial charge in [-0.15, -0.1) is 0 Å². The Labute approximate surface area is 167 Å². The van der Waals surface area contributed by atoms with Gasteiger partial charge >= 0.3 is 0 Å². The van der Waals surface area contributed by atoms with E-state index in [0.29, 0.717) is 30.4 Å². The van der Waals surface area contributed by atoms with Crippen LogP contribution in [0.5, 0.6) is 5.75 Å². The lowest BCUT2D eigenvalue weighted by Gasteiger charge is -2.31. The van der Waals surface area contributed by atoms with Gasteiger partial charge in [0.1, 0.15) is 12.4 Å². The van der Waals surface area contributed by atoms with E-state index in [9.17, 15) is 4.79 Å². The summed E-state index contributed by atoms with van der Waals surface area (Å²) in [7, 11) is 4.14. The fourth-order valence-electron chi connectivity index (χ4n) is 4.60. The van der Waals surface area contributed by atoms with Crippen molar-refractivity contribution < 1.29 is 9.53 Å². The lowest BCUT2D eigenvalue weighted by molar-refractivity contribution is -0.134. The molecule has 3 atom stereocenters. The second-order valence-electron chi connectivity index (χ2n) is 8.29. The monoisotopic (exact) mass is 379 g/mol. The molecule has 0 N–H and O–H groups in total. The minimum atomic E-state index is 0.311. The number of hydrogen-bond donors (Lipinski definition) is 0. The van der Waals surface area contributed by atoms with Crippen molar-refractivity contribution in [3.8, 4) is 5.75 Å². The highest BCUT2D eigenvalue weighted by Gasteiger charge is 2.41. The molecule has 1 aromatic carbocycles. The summed E-state index contributed by atoms with van der Waals surface area (Å²) in [5.74, 6) is 2.41. The van der Waals surface area contributed by atoms with Crippen molar-refractivity contribution >= 4 is 5.91 Å². The Bertz CT molecular complexity index is 793. The third-order valence-electron chi connectivity index (χ3n) is 6.28. The van der Waals surface area contributed by atoms with E-state index >= 15 is 0 Å². The Morgan fingerprint density at radius 2 is 1.93 bits per heavy atom. The first-order valence-electron chi connectivity index (χ1n) is 10.1. The summed E-state index contributed by atoms with van der Waals surface area (Å²) in [6.45, 7) is 2.34. The van der Waals surface area contributed by atoms with Gasteiger partial charge in [-0.05, 0) is 61.6 Å². The van der Waals surface area contributed by atoms with Gasteiger partial charge in [0.2, 0.25) is 5.91 Å². The Morgan fingerprint density at radius 3 is 2.68 bits per heavy atom. The van der Waals surface area contributed by atoms with Gasteiger partial charge in [0.25, 0.3) is 0 Å². The van der Waals surface area contributed by atoms with E-state index in [1.807, 2.05) is 42.3 Å². The van der Waals surface area contributed by atoms with E-state index in [4.69, 9.17) is 4.74 Å². The van der Waals surface area contributed by atoms with E-state index < -0.39 is 0 Å². The molecule has 1 saturated heterocycles. The number of carbonyl (C=O) groups is 1. The molecule has 2 aliphatic rings. The molecule has 5 nitrogen and oxygen atoms in total. The molecule has 5 heteroatoms. The number of ether oxygens (including phenoxy) is 1. The van der Waals surface area contributed by atoms with Gasteiger partial charge in [-0.2, -0.15) is 0 Å². The fraction of sp³-hybridized carbons (Fsp3) is 0.478. The van der Waals surface area contributed by atoms with Crippen LogP contribution in [0, 0.1) is 11.8 Å². The molecule has 2 aromatic rings. The quantitative estimate of drug-likeness (QED) is 0.772. The molecule has 2 fully saturated rings. The number of carbonyl (C=O) groups excluding carboxylic acids is 1. The maximum atomic E-state index is 12.0. The zero-order valence-corrected chi connectivity index (χ0v) is 16.8. The number of rotatable bonds is 6. The zero-order valence-electron chi connectivity index (χ0n) is 16.8. The van der Waals surface area contributed by atoms with Crippen LogP contribution in [0.2, 0.25) is 0 Å². The number of fused-ring (bicyclic) bond motifs is 1. The smallest absolute Gasteiger partial charge is 0.222 e. The van der Waals surface area contributed by atoms with Gasteiger partial charge in [-0.3, -0.25) is 14.7 Å². The van der Waals surface area contributed by atoms with E-state index in [1.165, 1.54) is 12.0 Å². The number of benzene rings is 1. The fourth-order valence-corrected chi connectivity index (χ4v) is 4.60. The Kier molecular flexibility index (Phi) is 5.62. The molecule has 4 rings (SSSR count). The van der Waals surface area contributed by atoms with E-state index in [1.54, 1.807) is 6.20 Å². The highest BCUT2D eigenvalue weighted by atomic mass is 16.5. The first-order chi connectivity index (χ1) is 13.6. The predicted octanol–water partition coefficient (Wildman–Crippen LogP) is 3.35. The van der Waals surface area contributed by atoms with Gasteiger partial charge in [0.05, 0.1) is 5.69 Å². The molecule has 2 heterocycles. The highest BCUT2D eigenvalue weighted by Crippen LogP contribution is 2.40. The number of amides is 1. The van der Waals surface area contributed by atoms with Gasteiger partial charge < -0.3 is 9.64 Å². The summed E-state index contributed by atoms with van der Waals surface area (Å²) in [4.78, 5) is 20.6. The molecule has 0 unspecified atom stereocenters. The van der Waals surface area contributed by atoms with Crippen LogP contribution in [0.15, 0.2) is 48.7 Å². The molecule has 0 bridgehead atoms. The molecule has 1 amide bonds. The molecule has 0 spiro atoms. The third-order valence-corrected chi connectivity index (χ3v) is 6.28. The number of hydrogen-bond acceptors (Lipinski definition) is 4. The molecular weight excluding hydrogens is 350 g/mol. The molecule has 1 aliphatic carbocycles. The first-order valence-corrected chi connectivity index (χ1v) is 10.1. The van der Waals surface area contributed by atoms with Crippen molar-refractivity contribution in [2.75, 3.05) is 20.6 Å². The van der Waals surface area contributed by atoms with Crippen LogP contribution in [0.25, 0.3) is 0 Å². The lowest BCUT2D eigenvalue weighted by atomic mass is 9.88. The van der Waals surface area contributed by atoms with Gasteiger partial charge in [0.15, 0.2) is 0 Å². The zero-order chi connectivity index (χ0) is 19.5. The molecule has 1 aromatic heterocycles. The minimum Gasteiger partial charge on any atom is -0.487 e. The van der Waals surface area contributed by atoms with Crippen LogP contribution < -0.4 is 4.74 Å². The Balaban J connectivity index is 1.29.